The van der Waals surface area contributed by atoms with Crippen LogP contribution in [0.5, 0.6) is 0 Å². The molecule has 2 N–H and O–H groups in total. The number of aromatic amines is 1. The molecule has 2 aromatic rings. The van der Waals surface area contributed by atoms with Crippen molar-refractivity contribution in [2.24, 2.45) is 0 Å². The van der Waals surface area contributed by atoms with Crippen molar-refractivity contribution in [3.05, 3.63) is 48.0 Å². The van der Waals surface area contributed by atoms with Crippen LogP contribution in [0, 0.1) is 11.8 Å². The van der Waals surface area contributed by atoms with Gasteiger partial charge >= 0.3 is 0 Å². The molecule has 2 rings (SSSR count). The summed E-state index contributed by atoms with van der Waals surface area (Å²) in [5.74, 6) is 5.75. The second-order valence-electron chi connectivity index (χ2n) is 4.28. The van der Waals surface area contributed by atoms with E-state index in [1.807, 2.05) is 0 Å². The molecule has 0 aliphatic rings. The van der Waals surface area contributed by atoms with Gasteiger partial charge in [-0.15, -0.1) is 0 Å². The van der Waals surface area contributed by atoms with Crippen molar-refractivity contribution in [3.63, 3.8) is 0 Å². The average Bonchev–Trinajstić information content (AvgIpc) is 2.98. The van der Waals surface area contributed by atoms with E-state index in [0.29, 0.717) is 11.4 Å². The Kier molecular flexibility index (Phi) is 4.75. The number of benzene rings is 1. The number of H-pyrrole nitrogens is 1. The van der Waals surface area contributed by atoms with E-state index in [9.17, 15) is 8.42 Å². The first-order valence-electron chi connectivity index (χ1n) is 6.18. The smallest absolute Gasteiger partial charge is 0.243 e. The molecule has 7 heteroatoms. The Labute approximate surface area is 123 Å². The molecular weight excluding hydrogens is 290 g/mol. The van der Waals surface area contributed by atoms with Crippen molar-refractivity contribution < 1.29 is 13.5 Å². The van der Waals surface area contributed by atoms with E-state index >= 15 is 0 Å². The SMILES string of the molecule is CN(Cc1ncc[nH]1)S(=O)(=O)c1cccc(C#CCO)c1. The number of aliphatic hydroxyl groups is 1. The fourth-order valence-corrected chi connectivity index (χ4v) is 2.91. The summed E-state index contributed by atoms with van der Waals surface area (Å²) >= 11 is 0. The van der Waals surface area contributed by atoms with E-state index in [2.05, 4.69) is 21.8 Å². The first-order chi connectivity index (χ1) is 10.0. The molecule has 0 amide bonds. The summed E-state index contributed by atoms with van der Waals surface area (Å²) in [5.41, 5.74) is 0.538. The van der Waals surface area contributed by atoms with Gasteiger partial charge in [-0.2, -0.15) is 4.31 Å². The maximum absolute atomic E-state index is 12.5. The number of imidazole rings is 1. The third kappa shape index (κ3) is 3.70. The van der Waals surface area contributed by atoms with Gasteiger partial charge in [0.1, 0.15) is 12.4 Å². The highest BCUT2D eigenvalue weighted by atomic mass is 32.2. The van der Waals surface area contributed by atoms with E-state index in [1.165, 1.54) is 23.5 Å². The second kappa shape index (κ2) is 6.54. The molecule has 1 heterocycles. The molecular formula is C14H15N3O3S. The van der Waals surface area contributed by atoms with Gasteiger partial charge in [0.25, 0.3) is 0 Å². The van der Waals surface area contributed by atoms with Crippen molar-refractivity contribution in [1.82, 2.24) is 14.3 Å². The third-order valence-electron chi connectivity index (χ3n) is 2.78. The van der Waals surface area contributed by atoms with Gasteiger partial charge in [-0.05, 0) is 18.2 Å². The van der Waals surface area contributed by atoms with E-state index in [1.54, 1.807) is 24.5 Å². The van der Waals surface area contributed by atoms with Crippen LogP contribution < -0.4 is 0 Å². The molecule has 0 spiro atoms. The van der Waals surface area contributed by atoms with Gasteiger partial charge < -0.3 is 10.1 Å². The fraction of sp³-hybridized carbons (Fsp3) is 0.214. The quantitative estimate of drug-likeness (QED) is 0.809. The number of hydrogen-bond donors (Lipinski definition) is 2. The van der Waals surface area contributed by atoms with Gasteiger partial charge in [0, 0.05) is 25.0 Å². The molecule has 0 bridgehead atoms. The normalized spacial score (nSPS) is 11.2. The lowest BCUT2D eigenvalue weighted by atomic mass is 10.2. The predicted molar refractivity (Wildman–Crippen MR) is 77.6 cm³/mol. The van der Waals surface area contributed by atoms with Gasteiger partial charge in [0.2, 0.25) is 10.0 Å². The van der Waals surface area contributed by atoms with E-state index in [4.69, 9.17) is 5.11 Å². The minimum Gasteiger partial charge on any atom is -0.384 e. The zero-order valence-electron chi connectivity index (χ0n) is 11.4. The Hall–Kier alpha value is -2.14. The number of aliphatic hydroxyl groups excluding tert-OH is 1. The number of hydrogen-bond acceptors (Lipinski definition) is 4. The molecule has 0 aliphatic carbocycles. The summed E-state index contributed by atoms with van der Waals surface area (Å²) in [5, 5.41) is 8.68. The molecule has 0 saturated heterocycles. The maximum atomic E-state index is 12.5. The van der Waals surface area contributed by atoms with Crippen molar-refractivity contribution >= 4 is 10.0 Å². The van der Waals surface area contributed by atoms with Crippen LogP contribution >= 0.6 is 0 Å². The maximum Gasteiger partial charge on any atom is 0.243 e. The Morgan fingerprint density at radius 3 is 2.90 bits per heavy atom. The highest BCUT2D eigenvalue weighted by Crippen LogP contribution is 2.16. The van der Waals surface area contributed by atoms with Gasteiger partial charge in [-0.3, -0.25) is 0 Å². The number of nitrogens with zero attached hydrogens (tertiary/aromatic N) is 2. The van der Waals surface area contributed by atoms with Crippen molar-refractivity contribution in [3.8, 4) is 11.8 Å². The Morgan fingerprint density at radius 2 is 2.24 bits per heavy atom. The Morgan fingerprint density at radius 1 is 1.43 bits per heavy atom. The number of rotatable bonds is 4. The van der Waals surface area contributed by atoms with Gasteiger partial charge in [0.05, 0.1) is 11.4 Å². The van der Waals surface area contributed by atoms with Gasteiger partial charge in [0.15, 0.2) is 0 Å². The highest BCUT2D eigenvalue weighted by molar-refractivity contribution is 7.89. The van der Waals surface area contributed by atoms with Crippen LogP contribution in [0.1, 0.15) is 11.4 Å². The second-order valence-corrected chi connectivity index (χ2v) is 6.33. The van der Waals surface area contributed by atoms with Crippen LogP contribution in [0.15, 0.2) is 41.6 Å². The number of sulfonamides is 1. The largest absolute Gasteiger partial charge is 0.384 e. The van der Waals surface area contributed by atoms with Crippen LogP contribution in [0.3, 0.4) is 0 Å². The summed E-state index contributed by atoms with van der Waals surface area (Å²) in [4.78, 5) is 7.03. The predicted octanol–water partition coefficient (Wildman–Crippen LogP) is 0.574. The Bertz CT molecular complexity index is 758. The van der Waals surface area contributed by atoms with Crippen LogP contribution in [-0.4, -0.2) is 41.5 Å². The van der Waals surface area contributed by atoms with Crippen LogP contribution in [-0.2, 0) is 16.6 Å². The van der Waals surface area contributed by atoms with Crippen LogP contribution in [0.25, 0.3) is 0 Å². The summed E-state index contributed by atoms with van der Waals surface area (Å²) in [6.45, 7) is -0.114. The summed E-state index contributed by atoms with van der Waals surface area (Å²) in [7, 11) is -2.13. The lowest BCUT2D eigenvalue weighted by Gasteiger charge is -2.16. The summed E-state index contributed by atoms with van der Waals surface area (Å²) in [6.07, 6.45) is 3.21. The topological polar surface area (TPSA) is 86.3 Å². The molecule has 0 radical (unpaired) electrons. The molecule has 110 valence electrons. The Balaban J connectivity index is 2.26. The third-order valence-corrected chi connectivity index (χ3v) is 4.58. The number of nitrogens with one attached hydrogen (secondary N) is 1. The van der Waals surface area contributed by atoms with Crippen molar-refractivity contribution in [2.75, 3.05) is 13.7 Å². The van der Waals surface area contributed by atoms with Crippen LogP contribution in [0.2, 0.25) is 0 Å². The van der Waals surface area contributed by atoms with E-state index < -0.39 is 10.0 Å². The zero-order chi connectivity index (χ0) is 15.3. The van der Waals surface area contributed by atoms with Gasteiger partial charge in [-0.25, -0.2) is 13.4 Å². The first kappa shape index (κ1) is 15.3. The molecule has 0 aliphatic heterocycles. The molecule has 0 unspecified atom stereocenters. The fourth-order valence-electron chi connectivity index (χ4n) is 1.74. The van der Waals surface area contributed by atoms with E-state index in [0.717, 1.165) is 0 Å². The van der Waals surface area contributed by atoms with Crippen molar-refractivity contribution in [1.29, 1.82) is 0 Å². The molecule has 1 aromatic carbocycles. The summed E-state index contributed by atoms with van der Waals surface area (Å²) < 4.78 is 26.2. The molecule has 0 fully saturated rings. The first-order valence-corrected chi connectivity index (χ1v) is 7.62. The van der Waals surface area contributed by atoms with Crippen molar-refractivity contribution in [2.45, 2.75) is 11.4 Å². The molecule has 6 nitrogen and oxygen atoms in total. The summed E-state index contributed by atoms with van der Waals surface area (Å²) in [6, 6.07) is 6.30. The number of aromatic nitrogens is 2. The van der Waals surface area contributed by atoms with E-state index in [-0.39, 0.29) is 18.0 Å². The lowest BCUT2D eigenvalue weighted by molar-refractivity contribution is 0.350. The lowest BCUT2D eigenvalue weighted by Crippen LogP contribution is -2.27. The molecule has 1 aromatic heterocycles. The molecule has 0 saturated carbocycles. The highest BCUT2D eigenvalue weighted by Gasteiger charge is 2.21. The van der Waals surface area contributed by atoms with Crippen LogP contribution in [0.4, 0.5) is 0 Å². The molecule has 0 atom stereocenters. The van der Waals surface area contributed by atoms with Gasteiger partial charge in [-0.1, -0.05) is 17.9 Å². The average molecular weight is 305 g/mol. The standard InChI is InChI=1S/C14H15N3O3S/c1-17(11-14-15-7-8-16-14)21(19,20)13-6-2-4-12(10-13)5-3-9-18/h2,4,6-8,10,18H,9,11H2,1H3,(H,15,16). The monoisotopic (exact) mass is 305 g/mol. The zero-order valence-corrected chi connectivity index (χ0v) is 12.3. The minimum absolute atomic E-state index is 0.154. The molecule has 21 heavy (non-hydrogen) atoms. The minimum atomic E-state index is -3.62.